The van der Waals surface area contributed by atoms with Gasteiger partial charge < -0.3 is 10.1 Å². The summed E-state index contributed by atoms with van der Waals surface area (Å²) in [6.45, 7) is 1.50. The molecular formula is C22H20N3O2+. The number of carbonyl (C=O) groups excluding carboxylic acids is 1. The number of nitrogens with zero attached hydrogens (tertiary/aromatic N) is 1. The number of amides is 1. The summed E-state index contributed by atoms with van der Waals surface area (Å²) in [5, 5.41) is 4.87. The maximum Gasteiger partial charge on any atom is 0.221 e. The van der Waals surface area contributed by atoms with Crippen LogP contribution in [0, 0.1) is 0 Å². The van der Waals surface area contributed by atoms with Crippen LogP contribution in [0.15, 0.2) is 77.8 Å². The van der Waals surface area contributed by atoms with Gasteiger partial charge in [0.05, 0.1) is 6.42 Å². The quantitative estimate of drug-likeness (QED) is 0.679. The number of quaternary nitrogens is 1. The molecule has 0 bridgehead atoms. The molecule has 0 atom stereocenters. The molecule has 0 aliphatic carbocycles. The highest BCUT2D eigenvalue weighted by atomic mass is 16.5. The number of nitrogens with two attached hydrogens (primary N) is 1. The van der Waals surface area contributed by atoms with Crippen LogP contribution in [-0.2, 0) is 11.2 Å². The van der Waals surface area contributed by atoms with E-state index in [4.69, 9.17) is 4.74 Å². The Balaban J connectivity index is 1.42. The molecule has 5 nitrogen and oxygen atoms in total. The van der Waals surface area contributed by atoms with E-state index in [2.05, 4.69) is 27.8 Å². The lowest BCUT2D eigenvalue weighted by molar-refractivity contribution is -0.440. The SMILES string of the molecule is CC(=O)Nc1ccc2c(c1)N=C(Cc1ccc(Oc3ccccc3)cc1)[NH2+]2. The molecule has 0 spiro atoms. The lowest BCUT2D eigenvalue weighted by atomic mass is 10.1. The van der Waals surface area contributed by atoms with E-state index in [-0.39, 0.29) is 5.91 Å². The van der Waals surface area contributed by atoms with Gasteiger partial charge in [-0.15, -0.1) is 0 Å². The lowest BCUT2D eigenvalue weighted by Gasteiger charge is -2.06. The first kappa shape index (κ1) is 17.0. The van der Waals surface area contributed by atoms with Crippen LogP contribution < -0.4 is 15.4 Å². The second-order valence-corrected chi connectivity index (χ2v) is 6.44. The molecule has 5 heteroatoms. The predicted molar refractivity (Wildman–Crippen MR) is 106 cm³/mol. The van der Waals surface area contributed by atoms with Gasteiger partial charge in [0.15, 0.2) is 5.69 Å². The lowest BCUT2D eigenvalue weighted by Crippen LogP contribution is -2.81. The molecule has 0 aromatic heterocycles. The summed E-state index contributed by atoms with van der Waals surface area (Å²) in [7, 11) is 0. The van der Waals surface area contributed by atoms with Crippen molar-refractivity contribution in [1.29, 1.82) is 0 Å². The minimum Gasteiger partial charge on any atom is -0.457 e. The van der Waals surface area contributed by atoms with Crippen molar-refractivity contribution in [3.05, 3.63) is 78.4 Å². The van der Waals surface area contributed by atoms with Gasteiger partial charge in [0, 0.05) is 18.7 Å². The van der Waals surface area contributed by atoms with E-state index in [0.29, 0.717) is 0 Å². The molecule has 4 rings (SSSR count). The van der Waals surface area contributed by atoms with Crippen molar-refractivity contribution in [3.8, 4) is 11.5 Å². The van der Waals surface area contributed by atoms with Crippen molar-refractivity contribution in [2.75, 3.05) is 5.32 Å². The zero-order chi connectivity index (χ0) is 18.6. The van der Waals surface area contributed by atoms with Gasteiger partial charge in [-0.1, -0.05) is 30.3 Å². The number of para-hydroxylation sites is 1. The topological polar surface area (TPSA) is 67.3 Å². The van der Waals surface area contributed by atoms with E-state index in [1.54, 1.807) is 0 Å². The highest BCUT2D eigenvalue weighted by Gasteiger charge is 2.20. The predicted octanol–water partition coefficient (Wildman–Crippen LogP) is 3.92. The number of ether oxygens (including phenoxy) is 1. The van der Waals surface area contributed by atoms with Gasteiger partial charge in [-0.05, 0) is 42.0 Å². The number of amidine groups is 1. The fourth-order valence-electron chi connectivity index (χ4n) is 3.01. The smallest absolute Gasteiger partial charge is 0.221 e. The highest BCUT2D eigenvalue weighted by Crippen LogP contribution is 2.28. The zero-order valence-electron chi connectivity index (χ0n) is 15.0. The third-order valence-electron chi connectivity index (χ3n) is 4.22. The van der Waals surface area contributed by atoms with Gasteiger partial charge >= 0.3 is 0 Å². The third kappa shape index (κ3) is 4.22. The molecule has 1 amide bonds. The van der Waals surface area contributed by atoms with Crippen LogP contribution in [0.4, 0.5) is 17.1 Å². The van der Waals surface area contributed by atoms with Gasteiger partial charge in [0.25, 0.3) is 0 Å². The number of benzene rings is 3. The van der Waals surface area contributed by atoms with Gasteiger partial charge in [-0.2, -0.15) is 4.99 Å². The molecule has 0 radical (unpaired) electrons. The number of anilines is 1. The van der Waals surface area contributed by atoms with Crippen molar-refractivity contribution in [3.63, 3.8) is 0 Å². The summed E-state index contributed by atoms with van der Waals surface area (Å²) < 4.78 is 5.83. The van der Waals surface area contributed by atoms with E-state index in [0.717, 1.165) is 40.8 Å². The number of carbonyl (C=O) groups is 1. The van der Waals surface area contributed by atoms with E-state index in [9.17, 15) is 4.79 Å². The van der Waals surface area contributed by atoms with Crippen LogP contribution in [-0.4, -0.2) is 11.7 Å². The number of hydrogen-bond donors (Lipinski definition) is 2. The van der Waals surface area contributed by atoms with Crippen molar-refractivity contribution < 1.29 is 14.8 Å². The molecular weight excluding hydrogens is 338 g/mol. The van der Waals surface area contributed by atoms with Crippen LogP contribution in [0.1, 0.15) is 12.5 Å². The number of rotatable bonds is 5. The Hall–Kier alpha value is -3.44. The maximum absolute atomic E-state index is 11.2. The normalized spacial score (nSPS) is 12.3. The van der Waals surface area contributed by atoms with Crippen LogP contribution in [0.3, 0.4) is 0 Å². The molecule has 3 aromatic carbocycles. The van der Waals surface area contributed by atoms with Crippen molar-refractivity contribution >= 4 is 28.8 Å². The van der Waals surface area contributed by atoms with E-state index in [1.807, 2.05) is 60.7 Å². The zero-order valence-corrected chi connectivity index (χ0v) is 15.0. The minimum atomic E-state index is -0.0843. The molecule has 0 saturated carbocycles. The average molecular weight is 358 g/mol. The Bertz CT molecular complexity index is 996. The first-order valence-corrected chi connectivity index (χ1v) is 8.81. The number of fused-ring (bicyclic) bond motifs is 1. The molecule has 1 aliphatic rings. The monoisotopic (exact) mass is 358 g/mol. The Kier molecular flexibility index (Phi) is 4.68. The molecule has 1 aliphatic heterocycles. The van der Waals surface area contributed by atoms with E-state index in [1.165, 1.54) is 12.5 Å². The molecule has 3 aromatic rings. The maximum atomic E-state index is 11.2. The molecule has 1 heterocycles. The molecule has 0 fully saturated rings. The van der Waals surface area contributed by atoms with Crippen molar-refractivity contribution in [2.45, 2.75) is 13.3 Å². The Labute approximate surface area is 157 Å². The fraction of sp³-hybridized carbons (Fsp3) is 0.0909. The van der Waals surface area contributed by atoms with Crippen LogP contribution in [0.5, 0.6) is 11.5 Å². The number of nitrogens with one attached hydrogen (secondary N) is 1. The van der Waals surface area contributed by atoms with Crippen LogP contribution in [0.2, 0.25) is 0 Å². The summed E-state index contributed by atoms with van der Waals surface area (Å²) in [5.74, 6) is 2.55. The van der Waals surface area contributed by atoms with Gasteiger partial charge in [-0.25, -0.2) is 0 Å². The Morgan fingerprint density at radius 3 is 2.48 bits per heavy atom. The standard InChI is InChI=1S/C22H19N3O2/c1-15(26)23-17-9-12-20-21(14-17)25-22(24-20)13-16-7-10-19(11-8-16)27-18-5-3-2-4-6-18/h2-12,14H,13H2,1H3,(H,23,26)(H,24,25)/p+1. The third-order valence-corrected chi connectivity index (χ3v) is 4.22. The molecule has 0 saturated heterocycles. The van der Waals surface area contributed by atoms with Gasteiger partial charge in [0.2, 0.25) is 11.7 Å². The fourth-order valence-corrected chi connectivity index (χ4v) is 3.01. The summed E-state index contributed by atoms with van der Waals surface area (Å²) in [5.41, 5.74) is 3.89. The van der Waals surface area contributed by atoms with Crippen LogP contribution >= 0.6 is 0 Å². The summed E-state index contributed by atoms with van der Waals surface area (Å²) in [6.07, 6.45) is 0.746. The van der Waals surface area contributed by atoms with Gasteiger partial charge in [0.1, 0.15) is 17.2 Å². The first-order valence-electron chi connectivity index (χ1n) is 8.81. The summed E-state index contributed by atoms with van der Waals surface area (Å²) in [6, 6.07) is 23.6. The average Bonchev–Trinajstić information content (AvgIpc) is 3.05. The van der Waals surface area contributed by atoms with Crippen molar-refractivity contribution in [2.24, 2.45) is 4.99 Å². The summed E-state index contributed by atoms with van der Waals surface area (Å²) in [4.78, 5) is 15.9. The van der Waals surface area contributed by atoms with Crippen LogP contribution in [0.25, 0.3) is 0 Å². The molecule has 0 unspecified atom stereocenters. The number of hydrogen-bond acceptors (Lipinski definition) is 3. The van der Waals surface area contributed by atoms with Gasteiger partial charge in [-0.3, -0.25) is 10.1 Å². The second kappa shape index (κ2) is 7.43. The minimum absolute atomic E-state index is 0.0843. The van der Waals surface area contributed by atoms with Crippen molar-refractivity contribution in [1.82, 2.24) is 0 Å². The summed E-state index contributed by atoms with van der Waals surface area (Å²) >= 11 is 0. The molecule has 3 N–H and O–H groups in total. The Morgan fingerprint density at radius 1 is 1.00 bits per heavy atom. The number of aliphatic imine (C=N–C) groups is 1. The Morgan fingerprint density at radius 2 is 1.74 bits per heavy atom. The van der Waals surface area contributed by atoms with E-state index < -0.39 is 0 Å². The first-order chi connectivity index (χ1) is 13.2. The highest BCUT2D eigenvalue weighted by molar-refractivity contribution is 5.92. The molecule has 27 heavy (non-hydrogen) atoms. The molecule has 134 valence electrons. The van der Waals surface area contributed by atoms with E-state index >= 15 is 0 Å². The largest absolute Gasteiger partial charge is 0.457 e. The second-order valence-electron chi connectivity index (χ2n) is 6.44.